The molecule has 27 heavy (non-hydrogen) atoms. The summed E-state index contributed by atoms with van der Waals surface area (Å²) in [7, 11) is 5.44. The standard InChI is InChI=1S/C18H20N2O7/c1-24-12-5-10(6-13(25-2)16(12)22)8-19-20-9-11-7-14(26-3)17(23)18(27-4)15(11)21/h5-9,18,20,22H,1-4H3/b11-9+,19-8+. The lowest BCUT2D eigenvalue weighted by Crippen LogP contribution is -2.38. The summed E-state index contributed by atoms with van der Waals surface area (Å²) in [5.74, 6) is -0.677. The van der Waals surface area contributed by atoms with Gasteiger partial charge in [0, 0.05) is 24.4 Å². The quantitative estimate of drug-likeness (QED) is 0.312. The van der Waals surface area contributed by atoms with Crippen LogP contribution in [0, 0.1) is 0 Å². The van der Waals surface area contributed by atoms with Gasteiger partial charge in [-0.3, -0.25) is 15.0 Å². The van der Waals surface area contributed by atoms with Crippen LogP contribution >= 0.6 is 0 Å². The molecule has 1 atom stereocenters. The maximum atomic E-state index is 12.2. The number of phenolic OH excluding ortho intramolecular Hbond substituents is 1. The number of aromatic hydroxyl groups is 1. The first-order chi connectivity index (χ1) is 13.0. The van der Waals surface area contributed by atoms with E-state index in [9.17, 15) is 14.7 Å². The van der Waals surface area contributed by atoms with Gasteiger partial charge in [0.05, 0.1) is 27.5 Å². The third-order valence-corrected chi connectivity index (χ3v) is 3.76. The van der Waals surface area contributed by atoms with Gasteiger partial charge in [0.2, 0.25) is 17.3 Å². The molecule has 1 aromatic carbocycles. The van der Waals surface area contributed by atoms with Crippen molar-refractivity contribution in [2.24, 2.45) is 5.10 Å². The number of carbonyl (C=O) groups is 2. The summed E-state index contributed by atoms with van der Waals surface area (Å²) in [6, 6.07) is 3.12. The number of ketones is 2. The number of ether oxygens (including phenoxy) is 4. The molecular formula is C18H20N2O7. The summed E-state index contributed by atoms with van der Waals surface area (Å²) in [5, 5.41) is 13.9. The summed E-state index contributed by atoms with van der Waals surface area (Å²) in [5.41, 5.74) is 3.36. The van der Waals surface area contributed by atoms with Crippen molar-refractivity contribution in [3.63, 3.8) is 0 Å². The molecule has 0 spiro atoms. The number of methoxy groups -OCH3 is 4. The van der Waals surface area contributed by atoms with E-state index in [1.165, 1.54) is 46.9 Å². The van der Waals surface area contributed by atoms with Crippen LogP contribution in [0.15, 0.2) is 40.8 Å². The number of phenols is 1. The number of Topliss-reactive ketones (excluding diaryl/α,β-unsaturated/α-hetero) is 2. The molecule has 1 aromatic rings. The second-order valence-electron chi connectivity index (χ2n) is 5.32. The van der Waals surface area contributed by atoms with Crippen molar-refractivity contribution in [1.29, 1.82) is 0 Å². The molecule has 0 radical (unpaired) electrons. The highest BCUT2D eigenvalue weighted by Crippen LogP contribution is 2.36. The lowest BCUT2D eigenvalue weighted by molar-refractivity contribution is -0.138. The Balaban J connectivity index is 2.20. The normalized spacial score (nSPS) is 18.6. The van der Waals surface area contributed by atoms with E-state index in [4.69, 9.17) is 18.9 Å². The number of hydrazone groups is 1. The van der Waals surface area contributed by atoms with Crippen LogP contribution in [0.25, 0.3) is 0 Å². The third kappa shape index (κ3) is 4.26. The van der Waals surface area contributed by atoms with Gasteiger partial charge in [-0.15, -0.1) is 0 Å². The second kappa shape index (κ2) is 8.86. The Labute approximate surface area is 155 Å². The summed E-state index contributed by atoms with van der Waals surface area (Å²) in [6.07, 6.45) is 2.84. The number of nitrogens with one attached hydrogen (secondary N) is 1. The van der Waals surface area contributed by atoms with Crippen molar-refractivity contribution >= 4 is 17.8 Å². The number of rotatable bonds is 7. The molecular weight excluding hydrogens is 356 g/mol. The van der Waals surface area contributed by atoms with Crippen LogP contribution in [0.3, 0.4) is 0 Å². The Hall–Kier alpha value is -3.33. The molecule has 0 fully saturated rings. The van der Waals surface area contributed by atoms with Gasteiger partial charge in [-0.2, -0.15) is 5.10 Å². The summed E-state index contributed by atoms with van der Waals surface area (Å²) >= 11 is 0. The molecule has 0 saturated carbocycles. The summed E-state index contributed by atoms with van der Waals surface area (Å²) in [6.45, 7) is 0. The van der Waals surface area contributed by atoms with E-state index in [0.29, 0.717) is 5.56 Å². The smallest absolute Gasteiger partial charge is 0.233 e. The van der Waals surface area contributed by atoms with E-state index in [1.807, 2.05) is 0 Å². The molecule has 9 nitrogen and oxygen atoms in total. The minimum atomic E-state index is -1.24. The first kappa shape index (κ1) is 20.0. The lowest BCUT2D eigenvalue weighted by atomic mass is 9.95. The van der Waals surface area contributed by atoms with E-state index in [0.717, 1.165) is 0 Å². The van der Waals surface area contributed by atoms with Crippen LogP contribution in [0.2, 0.25) is 0 Å². The zero-order valence-electron chi connectivity index (χ0n) is 15.3. The van der Waals surface area contributed by atoms with Gasteiger partial charge >= 0.3 is 0 Å². The van der Waals surface area contributed by atoms with E-state index in [1.54, 1.807) is 12.1 Å². The number of benzene rings is 1. The molecule has 9 heteroatoms. The molecule has 1 aliphatic carbocycles. The van der Waals surface area contributed by atoms with Crippen LogP contribution in [0.4, 0.5) is 0 Å². The highest BCUT2D eigenvalue weighted by atomic mass is 16.5. The summed E-state index contributed by atoms with van der Waals surface area (Å²) < 4.78 is 20.0. The van der Waals surface area contributed by atoms with Gasteiger partial charge in [-0.25, -0.2) is 0 Å². The molecule has 0 heterocycles. The van der Waals surface area contributed by atoms with Crippen LogP contribution < -0.4 is 14.9 Å². The van der Waals surface area contributed by atoms with Crippen molar-refractivity contribution in [3.05, 3.63) is 41.3 Å². The van der Waals surface area contributed by atoms with Gasteiger partial charge in [0.1, 0.15) is 0 Å². The zero-order chi connectivity index (χ0) is 20.0. The summed E-state index contributed by atoms with van der Waals surface area (Å²) in [4.78, 5) is 24.2. The zero-order valence-corrected chi connectivity index (χ0v) is 15.3. The van der Waals surface area contributed by atoms with Crippen LogP contribution in [0.1, 0.15) is 5.56 Å². The van der Waals surface area contributed by atoms with Crippen molar-refractivity contribution in [2.75, 3.05) is 28.4 Å². The first-order valence-corrected chi connectivity index (χ1v) is 7.77. The predicted molar refractivity (Wildman–Crippen MR) is 95.9 cm³/mol. The second-order valence-corrected chi connectivity index (χ2v) is 5.32. The van der Waals surface area contributed by atoms with E-state index >= 15 is 0 Å². The number of carbonyl (C=O) groups excluding carboxylic acids is 2. The van der Waals surface area contributed by atoms with Gasteiger partial charge in [-0.1, -0.05) is 0 Å². The van der Waals surface area contributed by atoms with Crippen molar-refractivity contribution in [1.82, 2.24) is 5.43 Å². The third-order valence-electron chi connectivity index (χ3n) is 3.76. The van der Waals surface area contributed by atoms with Gasteiger partial charge in [0.25, 0.3) is 0 Å². The first-order valence-electron chi connectivity index (χ1n) is 7.77. The molecule has 1 aliphatic rings. The average Bonchev–Trinajstić information content (AvgIpc) is 2.67. The molecule has 2 N–H and O–H groups in total. The molecule has 144 valence electrons. The van der Waals surface area contributed by atoms with Crippen LogP contribution in [-0.2, 0) is 19.1 Å². The highest BCUT2D eigenvalue weighted by Gasteiger charge is 2.36. The number of allylic oxidation sites excluding steroid dienone is 1. The molecule has 0 aliphatic heterocycles. The molecule has 2 rings (SSSR count). The monoisotopic (exact) mass is 376 g/mol. The number of nitrogens with zero attached hydrogens (tertiary/aromatic N) is 1. The number of hydrogen-bond acceptors (Lipinski definition) is 9. The molecule has 0 amide bonds. The van der Waals surface area contributed by atoms with Crippen LogP contribution in [0.5, 0.6) is 17.2 Å². The minimum Gasteiger partial charge on any atom is -0.502 e. The van der Waals surface area contributed by atoms with E-state index in [-0.39, 0.29) is 28.6 Å². The predicted octanol–water partition coefficient (Wildman–Crippen LogP) is 0.914. The Morgan fingerprint density at radius 2 is 1.67 bits per heavy atom. The van der Waals surface area contributed by atoms with E-state index < -0.39 is 17.7 Å². The van der Waals surface area contributed by atoms with E-state index in [2.05, 4.69) is 10.5 Å². The number of hydrogen-bond donors (Lipinski definition) is 2. The fourth-order valence-corrected chi connectivity index (χ4v) is 2.38. The lowest BCUT2D eigenvalue weighted by Gasteiger charge is -2.19. The fourth-order valence-electron chi connectivity index (χ4n) is 2.38. The fraction of sp³-hybridized carbons (Fsp3) is 0.278. The minimum absolute atomic E-state index is 0.0199. The topological polar surface area (TPSA) is 116 Å². The highest BCUT2D eigenvalue weighted by molar-refractivity contribution is 6.22. The van der Waals surface area contributed by atoms with Gasteiger partial charge in [0.15, 0.2) is 23.4 Å². The average molecular weight is 376 g/mol. The Kier molecular flexibility index (Phi) is 6.56. The van der Waals surface area contributed by atoms with Gasteiger partial charge < -0.3 is 24.1 Å². The molecule has 0 bridgehead atoms. The maximum Gasteiger partial charge on any atom is 0.233 e. The molecule has 1 unspecified atom stereocenters. The van der Waals surface area contributed by atoms with Gasteiger partial charge in [-0.05, 0) is 18.2 Å². The van der Waals surface area contributed by atoms with Crippen molar-refractivity contribution < 1.29 is 33.6 Å². The maximum absolute atomic E-state index is 12.2. The molecule has 0 aromatic heterocycles. The largest absolute Gasteiger partial charge is 0.502 e. The SMILES string of the molecule is COC1=C/C(=C\N/N=C/c2cc(OC)c(O)c(OC)c2)C(=O)C(OC)C1=O. The Morgan fingerprint density at radius 3 is 2.19 bits per heavy atom. The molecule has 0 saturated heterocycles. The van der Waals surface area contributed by atoms with Crippen molar-refractivity contribution in [2.45, 2.75) is 6.10 Å². The van der Waals surface area contributed by atoms with Crippen LogP contribution in [-0.4, -0.2) is 57.4 Å². The Morgan fingerprint density at radius 1 is 1.04 bits per heavy atom. The van der Waals surface area contributed by atoms with Crippen molar-refractivity contribution in [3.8, 4) is 17.2 Å². The Bertz CT molecular complexity index is 802.